The number of fused-ring (bicyclic) bond motifs is 1. The Kier molecular flexibility index (Phi) is 8.07. The number of carbonyl (C=O) groups excluding carboxylic acids is 2. The fraction of sp³-hybridized carbons (Fsp3) is 0.545. The van der Waals surface area contributed by atoms with Crippen molar-refractivity contribution in [3.05, 3.63) is 36.9 Å². The standard InChI is InChI=1S/C22H28F3N3O3S2/c1-5-31-20(29)17-13-8-6-7-9-15(13)33-19(17)27-21(30)26-10-14-12(2)16(11-28(3)4)32-18(14)22(23,24)25/h5-11H2,1-4H3,(H2,26,27,30). The third kappa shape index (κ3) is 5.88. The van der Waals surface area contributed by atoms with Crippen molar-refractivity contribution in [2.45, 2.75) is 58.8 Å². The molecule has 6 nitrogen and oxygen atoms in total. The molecule has 1 aliphatic rings. The molecule has 182 valence electrons. The number of amides is 2. The molecule has 0 atom stereocenters. The van der Waals surface area contributed by atoms with E-state index >= 15 is 0 Å². The van der Waals surface area contributed by atoms with Gasteiger partial charge in [-0.1, -0.05) is 0 Å². The van der Waals surface area contributed by atoms with E-state index in [1.54, 1.807) is 32.8 Å². The molecule has 0 spiro atoms. The Hall–Kier alpha value is -2.11. The van der Waals surface area contributed by atoms with Crippen molar-refractivity contribution >= 4 is 39.7 Å². The number of hydrogen-bond acceptors (Lipinski definition) is 6. The van der Waals surface area contributed by atoms with Crippen molar-refractivity contribution in [3.8, 4) is 0 Å². The van der Waals surface area contributed by atoms with Crippen LogP contribution in [0.15, 0.2) is 0 Å². The molecule has 0 unspecified atom stereocenters. The van der Waals surface area contributed by atoms with Gasteiger partial charge in [0.05, 0.1) is 12.2 Å². The summed E-state index contributed by atoms with van der Waals surface area (Å²) in [5.74, 6) is -0.492. The third-order valence-corrected chi connectivity index (χ3v) is 7.96. The molecule has 2 aromatic rings. The van der Waals surface area contributed by atoms with Crippen LogP contribution in [-0.4, -0.2) is 37.6 Å². The number of urea groups is 1. The maximum atomic E-state index is 13.6. The van der Waals surface area contributed by atoms with Crippen molar-refractivity contribution < 1.29 is 27.5 Å². The van der Waals surface area contributed by atoms with E-state index in [4.69, 9.17) is 4.74 Å². The van der Waals surface area contributed by atoms with Gasteiger partial charge in [0.25, 0.3) is 0 Å². The number of halogens is 3. The Morgan fingerprint density at radius 2 is 1.85 bits per heavy atom. The molecule has 0 aromatic carbocycles. The van der Waals surface area contributed by atoms with Crippen molar-refractivity contribution in [2.75, 3.05) is 26.0 Å². The number of nitrogens with one attached hydrogen (secondary N) is 2. The van der Waals surface area contributed by atoms with Gasteiger partial charge in [0.1, 0.15) is 9.88 Å². The minimum absolute atomic E-state index is 0.0654. The maximum absolute atomic E-state index is 13.6. The quantitative estimate of drug-likeness (QED) is 0.484. The Labute approximate surface area is 199 Å². The van der Waals surface area contributed by atoms with Crippen LogP contribution in [0.5, 0.6) is 0 Å². The SMILES string of the molecule is CCOC(=O)c1c(NC(=O)NCc2c(C(F)(F)F)sc(CN(C)C)c2C)sc2c1CCCC2. The Balaban J connectivity index is 1.80. The number of ether oxygens (including phenoxy) is 1. The van der Waals surface area contributed by atoms with Gasteiger partial charge >= 0.3 is 18.2 Å². The summed E-state index contributed by atoms with van der Waals surface area (Å²) in [6, 6.07) is -0.660. The zero-order valence-corrected chi connectivity index (χ0v) is 20.7. The van der Waals surface area contributed by atoms with Crippen LogP contribution in [0, 0.1) is 6.92 Å². The highest BCUT2D eigenvalue weighted by molar-refractivity contribution is 7.17. The second-order valence-electron chi connectivity index (χ2n) is 8.14. The summed E-state index contributed by atoms with van der Waals surface area (Å²) < 4.78 is 46.0. The minimum atomic E-state index is -4.50. The van der Waals surface area contributed by atoms with E-state index in [-0.39, 0.29) is 18.7 Å². The Bertz CT molecular complexity index is 1030. The largest absolute Gasteiger partial charge is 0.462 e. The topological polar surface area (TPSA) is 70.7 Å². The summed E-state index contributed by atoms with van der Waals surface area (Å²) in [4.78, 5) is 27.9. The normalized spacial score (nSPS) is 13.7. The molecule has 2 aromatic heterocycles. The number of hydrogen-bond donors (Lipinski definition) is 2. The summed E-state index contributed by atoms with van der Waals surface area (Å²) in [7, 11) is 3.58. The van der Waals surface area contributed by atoms with Crippen LogP contribution in [0.2, 0.25) is 0 Å². The minimum Gasteiger partial charge on any atom is -0.462 e. The van der Waals surface area contributed by atoms with Crippen LogP contribution in [0.1, 0.15) is 61.4 Å². The smallest absolute Gasteiger partial charge is 0.425 e. The van der Waals surface area contributed by atoms with Gasteiger partial charge in [0.15, 0.2) is 0 Å². The van der Waals surface area contributed by atoms with Gasteiger partial charge in [0, 0.05) is 22.8 Å². The van der Waals surface area contributed by atoms with Crippen LogP contribution in [0.4, 0.5) is 23.0 Å². The zero-order valence-electron chi connectivity index (χ0n) is 19.1. The fourth-order valence-electron chi connectivity index (χ4n) is 3.87. The number of thiophene rings is 2. The number of alkyl halides is 3. The zero-order chi connectivity index (χ0) is 24.3. The van der Waals surface area contributed by atoms with Gasteiger partial charge in [-0.3, -0.25) is 5.32 Å². The predicted molar refractivity (Wildman–Crippen MR) is 124 cm³/mol. The third-order valence-electron chi connectivity index (χ3n) is 5.39. The van der Waals surface area contributed by atoms with Gasteiger partial charge in [-0.25, -0.2) is 9.59 Å². The number of rotatable bonds is 7. The highest BCUT2D eigenvalue weighted by atomic mass is 32.1. The van der Waals surface area contributed by atoms with E-state index in [9.17, 15) is 22.8 Å². The van der Waals surface area contributed by atoms with Crippen molar-refractivity contribution in [3.63, 3.8) is 0 Å². The number of nitrogens with zero attached hydrogens (tertiary/aromatic N) is 1. The molecule has 3 rings (SSSR count). The van der Waals surface area contributed by atoms with Crippen molar-refractivity contribution in [1.29, 1.82) is 0 Å². The van der Waals surface area contributed by atoms with Crippen LogP contribution in [0.25, 0.3) is 0 Å². The molecule has 1 aliphatic carbocycles. The van der Waals surface area contributed by atoms with Crippen LogP contribution in [0.3, 0.4) is 0 Å². The Morgan fingerprint density at radius 3 is 2.48 bits per heavy atom. The van der Waals surface area contributed by atoms with Gasteiger partial charge in [-0.2, -0.15) is 13.2 Å². The molecule has 2 N–H and O–H groups in total. The van der Waals surface area contributed by atoms with Crippen LogP contribution >= 0.6 is 22.7 Å². The molecule has 33 heavy (non-hydrogen) atoms. The first kappa shape index (κ1) is 25.5. The average Bonchev–Trinajstić information content (AvgIpc) is 3.23. The summed E-state index contributed by atoms with van der Waals surface area (Å²) in [5, 5.41) is 5.60. The second kappa shape index (κ2) is 10.4. The van der Waals surface area contributed by atoms with Gasteiger partial charge in [-0.15, -0.1) is 22.7 Å². The predicted octanol–water partition coefficient (Wildman–Crippen LogP) is 5.58. The van der Waals surface area contributed by atoms with Gasteiger partial charge in [-0.05, 0) is 70.3 Å². The highest BCUT2D eigenvalue weighted by Gasteiger charge is 2.37. The molecule has 0 radical (unpaired) electrons. The maximum Gasteiger partial charge on any atom is 0.425 e. The van der Waals surface area contributed by atoms with Crippen molar-refractivity contribution in [2.24, 2.45) is 0 Å². The van der Waals surface area contributed by atoms with E-state index in [2.05, 4.69) is 10.6 Å². The van der Waals surface area contributed by atoms with E-state index in [0.717, 1.165) is 36.1 Å². The summed E-state index contributed by atoms with van der Waals surface area (Å²) in [5.41, 5.74) is 1.86. The highest BCUT2D eigenvalue weighted by Crippen LogP contribution is 2.41. The number of esters is 1. The molecule has 0 saturated carbocycles. The lowest BCUT2D eigenvalue weighted by Gasteiger charge is -2.13. The number of carbonyl (C=O) groups is 2. The first-order chi connectivity index (χ1) is 15.5. The second-order valence-corrected chi connectivity index (χ2v) is 10.3. The lowest BCUT2D eigenvalue weighted by molar-refractivity contribution is -0.135. The molecule has 2 amide bonds. The summed E-state index contributed by atoms with van der Waals surface area (Å²) >= 11 is 2.04. The van der Waals surface area contributed by atoms with E-state index < -0.39 is 23.1 Å². The molecule has 2 heterocycles. The van der Waals surface area contributed by atoms with E-state index in [1.165, 1.54) is 11.3 Å². The molecule has 11 heteroatoms. The van der Waals surface area contributed by atoms with Gasteiger partial charge < -0.3 is 15.0 Å². The number of aryl methyl sites for hydroxylation is 1. The first-order valence-electron chi connectivity index (χ1n) is 10.7. The first-order valence-corrected chi connectivity index (χ1v) is 12.4. The van der Waals surface area contributed by atoms with E-state index in [1.807, 2.05) is 0 Å². The fourth-order valence-corrected chi connectivity index (χ4v) is 6.45. The molecular weight excluding hydrogens is 475 g/mol. The molecule has 0 fully saturated rings. The summed E-state index contributed by atoms with van der Waals surface area (Å²) in [6.45, 7) is 3.68. The molecule has 0 aliphatic heterocycles. The molecule has 0 saturated heterocycles. The van der Waals surface area contributed by atoms with Gasteiger partial charge in [0.2, 0.25) is 0 Å². The Morgan fingerprint density at radius 1 is 1.15 bits per heavy atom. The van der Waals surface area contributed by atoms with Crippen LogP contribution in [-0.2, 0) is 36.8 Å². The number of anilines is 1. The van der Waals surface area contributed by atoms with Crippen molar-refractivity contribution in [1.82, 2.24) is 10.2 Å². The van der Waals surface area contributed by atoms with E-state index in [0.29, 0.717) is 38.9 Å². The molecular formula is C22H28F3N3O3S2. The summed E-state index contributed by atoms with van der Waals surface area (Å²) in [6.07, 6.45) is -0.977. The average molecular weight is 504 g/mol. The lowest BCUT2D eigenvalue weighted by Crippen LogP contribution is -2.29. The molecule has 0 bridgehead atoms. The van der Waals surface area contributed by atoms with Crippen LogP contribution < -0.4 is 10.6 Å². The lowest BCUT2D eigenvalue weighted by atomic mass is 9.95. The monoisotopic (exact) mass is 503 g/mol.